The number of methoxy groups -OCH3 is 1. The van der Waals surface area contributed by atoms with Gasteiger partial charge in [0.05, 0.1) is 18.5 Å². The molecule has 3 aromatic rings. The van der Waals surface area contributed by atoms with E-state index >= 15 is 0 Å². The van der Waals surface area contributed by atoms with E-state index in [-0.39, 0.29) is 16.5 Å². The molecule has 8 nitrogen and oxygen atoms in total. The number of aromatic nitrogens is 2. The van der Waals surface area contributed by atoms with E-state index in [2.05, 4.69) is 10.2 Å². The summed E-state index contributed by atoms with van der Waals surface area (Å²) in [6, 6.07) is 12.9. The van der Waals surface area contributed by atoms with Crippen molar-refractivity contribution in [3.05, 3.63) is 75.7 Å². The number of hydrogen-bond acceptors (Lipinski definition) is 8. The van der Waals surface area contributed by atoms with Crippen molar-refractivity contribution in [1.29, 1.82) is 0 Å². The van der Waals surface area contributed by atoms with Gasteiger partial charge >= 0.3 is 0 Å². The molecule has 26 heavy (non-hydrogen) atoms. The van der Waals surface area contributed by atoms with Gasteiger partial charge in [-0.25, -0.2) is 0 Å². The molecule has 0 spiro atoms. The first kappa shape index (κ1) is 17.6. The minimum Gasteiger partial charge on any atom is -0.497 e. The second-order valence-electron chi connectivity index (χ2n) is 5.18. The number of nitro groups is 1. The van der Waals surface area contributed by atoms with Crippen molar-refractivity contribution in [2.75, 3.05) is 7.11 Å². The predicted molar refractivity (Wildman–Crippen MR) is 93.4 cm³/mol. The first-order chi connectivity index (χ1) is 12.5. The van der Waals surface area contributed by atoms with Gasteiger partial charge in [0.1, 0.15) is 5.75 Å². The van der Waals surface area contributed by atoms with E-state index in [1.165, 1.54) is 24.3 Å². The van der Waals surface area contributed by atoms with Crippen LogP contribution < -0.4 is 4.74 Å². The Balaban J connectivity index is 1.66. The molecule has 0 N–H and O–H groups in total. The normalized spacial score (nSPS) is 10.5. The second kappa shape index (κ2) is 7.79. The van der Waals surface area contributed by atoms with Gasteiger partial charge in [-0.2, -0.15) is 0 Å². The molecule has 0 bridgehead atoms. The van der Waals surface area contributed by atoms with Gasteiger partial charge in [0.15, 0.2) is 0 Å². The number of benzene rings is 2. The summed E-state index contributed by atoms with van der Waals surface area (Å²) in [5.74, 6) is 1.11. The fourth-order valence-electron chi connectivity index (χ4n) is 2.15. The van der Waals surface area contributed by atoms with Crippen LogP contribution in [0, 0.1) is 10.1 Å². The smallest absolute Gasteiger partial charge is 0.284 e. The fraction of sp³-hybridized carbons (Fsp3) is 0.118. The highest BCUT2D eigenvalue weighted by Crippen LogP contribution is 2.24. The van der Waals surface area contributed by atoms with Crippen LogP contribution in [-0.2, 0) is 6.42 Å². The summed E-state index contributed by atoms with van der Waals surface area (Å²) >= 11 is 0.733. The van der Waals surface area contributed by atoms with E-state index in [4.69, 9.17) is 9.15 Å². The summed E-state index contributed by atoms with van der Waals surface area (Å²) in [5, 5.41) is 18.2. The molecular formula is C17H13N3O5S. The lowest BCUT2D eigenvalue weighted by Gasteiger charge is -2.00. The number of carbonyl (C=O) groups excluding carboxylic acids is 1. The number of thioether (sulfide) groups is 1. The van der Waals surface area contributed by atoms with Crippen molar-refractivity contribution in [2.24, 2.45) is 0 Å². The topological polar surface area (TPSA) is 108 Å². The Morgan fingerprint density at radius 1 is 1.23 bits per heavy atom. The summed E-state index contributed by atoms with van der Waals surface area (Å²) in [5.41, 5.74) is 0.997. The first-order valence-electron chi connectivity index (χ1n) is 7.47. The summed E-state index contributed by atoms with van der Waals surface area (Å²) in [7, 11) is 1.59. The Bertz CT molecular complexity index is 940. The molecule has 1 heterocycles. The second-order valence-corrected chi connectivity index (χ2v) is 6.11. The number of hydrogen-bond donors (Lipinski definition) is 0. The van der Waals surface area contributed by atoms with E-state index in [0.29, 0.717) is 12.3 Å². The standard InChI is InChI=1S/C17H13N3O5S/c1-24-14-7-5-11(6-8-14)9-15-18-19-17(25-15)26-16(21)12-3-2-4-13(10-12)20(22)23/h2-8,10H,9H2,1H3. The van der Waals surface area contributed by atoms with Crippen LogP contribution in [0.1, 0.15) is 21.8 Å². The number of nitro benzene ring substituents is 1. The van der Waals surface area contributed by atoms with Crippen LogP contribution in [0.5, 0.6) is 5.75 Å². The Labute approximate surface area is 152 Å². The van der Waals surface area contributed by atoms with Crippen LogP contribution >= 0.6 is 11.8 Å². The Morgan fingerprint density at radius 2 is 2.00 bits per heavy atom. The summed E-state index contributed by atoms with van der Waals surface area (Å²) < 4.78 is 10.6. The third-order valence-electron chi connectivity index (χ3n) is 3.44. The average molecular weight is 371 g/mol. The SMILES string of the molecule is COc1ccc(Cc2nnc(SC(=O)c3cccc([N+](=O)[O-])c3)o2)cc1. The van der Waals surface area contributed by atoms with Crippen molar-refractivity contribution in [3.63, 3.8) is 0 Å². The molecule has 0 aliphatic rings. The van der Waals surface area contributed by atoms with Gasteiger partial charge in [0, 0.05) is 29.5 Å². The summed E-state index contributed by atoms with van der Waals surface area (Å²) in [6.45, 7) is 0. The van der Waals surface area contributed by atoms with Crippen molar-refractivity contribution < 1.29 is 18.9 Å². The zero-order chi connectivity index (χ0) is 18.5. The Morgan fingerprint density at radius 3 is 2.69 bits per heavy atom. The van der Waals surface area contributed by atoms with E-state index in [0.717, 1.165) is 23.1 Å². The van der Waals surface area contributed by atoms with Crippen molar-refractivity contribution >= 4 is 22.6 Å². The molecule has 0 amide bonds. The first-order valence-corrected chi connectivity index (χ1v) is 8.29. The third kappa shape index (κ3) is 4.25. The number of carbonyl (C=O) groups is 1. The van der Waals surface area contributed by atoms with Crippen LogP contribution in [0.3, 0.4) is 0 Å². The van der Waals surface area contributed by atoms with Gasteiger partial charge in [-0.05, 0) is 23.8 Å². The van der Waals surface area contributed by atoms with E-state index in [1.54, 1.807) is 7.11 Å². The Hall–Kier alpha value is -3.20. The highest BCUT2D eigenvalue weighted by Gasteiger charge is 2.16. The van der Waals surface area contributed by atoms with Gasteiger partial charge in [-0.15, -0.1) is 10.2 Å². The predicted octanol–water partition coefficient (Wildman–Crippen LogP) is 3.51. The fourth-order valence-corrected chi connectivity index (χ4v) is 2.78. The highest BCUT2D eigenvalue weighted by molar-refractivity contribution is 8.14. The minimum atomic E-state index is -0.554. The van der Waals surface area contributed by atoms with Crippen LogP contribution in [0.25, 0.3) is 0 Å². The highest BCUT2D eigenvalue weighted by atomic mass is 32.2. The maximum atomic E-state index is 12.2. The lowest BCUT2D eigenvalue weighted by molar-refractivity contribution is -0.384. The van der Waals surface area contributed by atoms with Crippen molar-refractivity contribution in [3.8, 4) is 5.75 Å². The molecule has 0 aliphatic carbocycles. The molecule has 3 rings (SSSR count). The quantitative estimate of drug-likeness (QED) is 0.368. The number of rotatable bonds is 6. The summed E-state index contributed by atoms with van der Waals surface area (Å²) in [6.07, 6.45) is 0.419. The molecule has 1 aromatic heterocycles. The molecule has 0 saturated heterocycles. The minimum absolute atomic E-state index is 0.0880. The van der Waals surface area contributed by atoms with Gasteiger partial charge in [-0.1, -0.05) is 18.2 Å². The molecule has 9 heteroatoms. The lowest BCUT2D eigenvalue weighted by atomic mass is 10.1. The maximum absolute atomic E-state index is 12.2. The third-order valence-corrected chi connectivity index (χ3v) is 4.20. The Kier molecular flexibility index (Phi) is 5.28. The largest absolute Gasteiger partial charge is 0.497 e. The monoisotopic (exact) mass is 371 g/mol. The molecular weight excluding hydrogens is 358 g/mol. The van der Waals surface area contributed by atoms with Crippen molar-refractivity contribution in [2.45, 2.75) is 11.6 Å². The number of nitrogens with zero attached hydrogens (tertiary/aromatic N) is 3. The van der Waals surface area contributed by atoms with Gasteiger partial charge in [0.2, 0.25) is 11.0 Å². The van der Waals surface area contributed by atoms with Crippen LogP contribution in [-0.4, -0.2) is 27.3 Å². The number of ether oxygens (including phenoxy) is 1. The maximum Gasteiger partial charge on any atom is 0.284 e. The zero-order valence-electron chi connectivity index (χ0n) is 13.6. The molecule has 2 aromatic carbocycles. The van der Waals surface area contributed by atoms with E-state index in [1.807, 2.05) is 24.3 Å². The molecule has 0 atom stereocenters. The molecule has 0 fully saturated rings. The molecule has 0 radical (unpaired) electrons. The van der Waals surface area contributed by atoms with Crippen LogP contribution in [0.2, 0.25) is 0 Å². The number of non-ortho nitro benzene ring substituents is 1. The van der Waals surface area contributed by atoms with E-state index in [9.17, 15) is 14.9 Å². The van der Waals surface area contributed by atoms with Gasteiger partial charge in [0.25, 0.3) is 10.9 Å². The van der Waals surface area contributed by atoms with E-state index < -0.39 is 10.0 Å². The molecule has 0 saturated carbocycles. The summed E-state index contributed by atoms with van der Waals surface area (Å²) in [4.78, 5) is 22.5. The van der Waals surface area contributed by atoms with Gasteiger partial charge in [-0.3, -0.25) is 14.9 Å². The van der Waals surface area contributed by atoms with Crippen LogP contribution in [0.4, 0.5) is 5.69 Å². The van der Waals surface area contributed by atoms with Crippen LogP contribution in [0.15, 0.2) is 58.2 Å². The van der Waals surface area contributed by atoms with Crippen molar-refractivity contribution in [1.82, 2.24) is 10.2 Å². The average Bonchev–Trinajstić information content (AvgIpc) is 3.09. The zero-order valence-corrected chi connectivity index (χ0v) is 14.4. The molecule has 0 unspecified atom stereocenters. The molecule has 0 aliphatic heterocycles. The van der Waals surface area contributed by atoms with Gasteiger partial charge < -0.3 is 9.15 Å². The lowest BCUT2D eigenvalue weighted by Crippen LogP contribution is -1.95. The molecule has 132 valence electrons.